The van der Waals surface area contributed by atoms with Crippen LogP contribution in [-0.2, 0) is 0 Å². The van der Waals surface area contributed by atoms with Crippen molar-refractivity contribution in [2.24, 2.45) is 5.41 Å². The maximum Gasteiger partial charge on any atom is -0.000000770 e. The molecule has 0 amide bonds. The van der Waals surface area contributed by atoms with Crippen molar-refractivity contribution in [3.63, 3.8) is 0 Å². The minimum absolute atomic E-state index is 0.281. The third kappa shape index (κ3) is 1.17. The molecule has 1 saturated carbocycles. The van der Waals surface area contributed by atoms with Crippen molar-refractivity contribution in [2.75, 3.05) is 0 Å². The molecular weight excluding hydrogens is 516 g/mol. The number of rotatable bonds is 0. The summed E-state index contributed by atoms with van der Waals surface area (Å²) in [6.45, 7) is 5.12. The average Bonchev–Trinajstić information content (AvgIpc) is 3.67. The van der Waals surface area contributed by atoms with Crippen LogP contribution in [0.15, 0.2) is 48.5 Å². The molecule has 2 unspecified atom stereocenters. The molecule has 0 nitrogen and oxygen atoms in total. The van der Waals surface area contributed by atoms with E-state index in [0.717, 1.165) is 0 Å². The lowest BCUT2D eigenvalue weighted by Crippen LogP contribution is -1.91. The highest BCUT2D eigenvalue weighted by Gasteiger charge is 2.63. The normalized spacial score (nSPS) is 21.4. The van der Waals surface area contributed by atoms with Crippen LogP contribution in [0.4, 0.5) is 0 Å². The number of hydrogen-bond donors (Lipinski definition) is 0. The fourth-order valence-electron chi connectivity index (χ4n) is 13.5. The summed E-state index contributed by atoms with van der Waals surface area (Å²) in [7, 11) is 0. The zero-order chi connectivity index (χ0) is 26.6. The Morgan fingerprint density at radius 3 is 0.791 bits per heavy atom. The van der Waals surface area contributed by atoms with Crippen molar-refractivity contribution < 1.29 is 0 Å². The van der Waals surface area contributed by atoms with Gasteiger partial charge in [-0.1, -0.05) is 62.4 Å². The second kappa shape index (κ2) is 4.37. The third-order valence-corrected chi connectivity index (χ3v) is 14.5. The molecule has 15 aromatic carbocycles. The lowest BCUT2D eigenvalue weighted by molar-refractivity contribution is 0.606. The summed E-state index contributed by atoms with van der Waals surface area (Å²) < 4.78 is 0. The summed E-state index contributed by atoms with van der Waals surface area (Å²) >= 11 is 0. The average molecular weight is 533 g/mol. The molecule has 0 heterocycles. The van der Waals surface area contributed by atoms with Gasteiger partial charge in [-0.25, -0.2) is 0 Å². The maximum atomic E-state index is 2.56. The van der Waals surface area contributed by atoms with Crippen LogP contribution in [-0.4, -0.2) is 0 Å². The van der Waals surface area contributed by atoms with Crippen molar-refractivity contribution in [1.82, 2.24) is 0 Å². The van der Waals surface area contributed by atoms with Crippen molar-refractivity contribution in [3.05, 3.63) is 59.7 Å². The summed E-state index contributed by atoms with van der Waals surface area (Å²) in [4.78, 5) is 0. The minimum Gasteiger partial charge on any atom is -0.0587 e. The van der Waals surface area contributed by atoms with Gasteiger partial charge in [0, 0.05) is 0 Å². The van der Waals surface area contributed by atoms with E-state index in [1.165, 1.54) is 32.3 Å². The van der Waals surface area contributed by atoms with E-state index in [9.17, 15) is 0 Å². The molecule has 188 valence electrons. The van der Waals surface area contributed by atoms with E-state index in [1.807, 2.05) is 0 Å². The Kier molecular flexibility index (Phi) is 1.82. The van der Waals surface area contributed by atoms with E-state index in [0.29, 0.717) is 11.8 Å². The Balaban J connectivity index is 1.49. The highest BCUT2D eigenvalue weighted by Crippen LogP contribution is 2.79. The number of benzene rings is 9. The second-order valence-electron chi connectivity index (χ2n) is 15.7. The van der Waals surface area contributed by atoms with Crippen LogP contribution in [0.5, 0.6) is 0 Å². The first-order valence-electron chi connectivity index (χ1n) is 16.1. The van der Waals surface area contributed by atoms with Crippen molar-refractivity contribution in [2.45, 2.75) is 25.7 Å². The molecule has 0 spiro atoms. The third-order valence-electron chi connectivity index (χ3n) is 14.5. The first kappa shape index (κ1) is 17.9. The van der Waals surface area contributed by atoms with Crippen molar-refractivity contribution in [1.29, 1.82) is 0 Å². The molecule has 2 aliphatic rings. The SMILES string of the molecule is CC1(C)C2c3c4ccc5c6ccc7c8ccc9c%10ccc%11c(c%12c3c3c4c5c4c6c7c5c8c9c6c%10c%11c%12c7c3c4c5c67)C21. The summed E-state index contributed by atoms with van der Waals surface area (Å²) in [6.07, 6.45) is 0. The molecule has 0 aliphatic heterocycles. The molecule has 15 aromatic rings. The van der Waals surface area contributed by atoms with Crippen LogP contribution in [0.3, 0.4) is 0 Å². The van der Waals surface area contributed by atoms with Crippen molar-refractivity contribution >= 4 is 151 Å². The highest BCUT2D eigenvalue weighted by molar-refractivity contribution is 6.69. The number of fused-ring (bicyclic) bond motifs is 8. The smallest absolute Gasteiger partial charge is 0.000000770 e. The lowest BCUT2D eigenvalue weighted by atomic mass is 9.88. The Labute approximate surface area is 241 Å². The van der Waals surface area contributed by atoms with Crippen LogP contribution >= 0.6 is 0 Å². The van der Waals surface area contributed by atoms with Gasteiger partial charge in [-0.05, 0) is 179 Å². The molecule has 2 aliphatic carbocycles. The predicted octanol–water partition coefficient (Wildman–Crippen LogP) is 12.3. The minimum atomic E-state index is 0.281. The first-order chi connectivity index (χ1) is 21.2. The predicted molar refractivity (Wildman–Crippen MR) is 185 cm³/mol. The van der Waals surface area contributed by atoms with Gasteiger partial charge >= 0.3 is 0 Å². The number of hydrogen-bond acceptors (Lipinski definition) is 0. The molecule has 0 aromatic heterocycles. The maximum absolute atomic E-state index is 2.56. The first-order valence-corrected chi connectivity index (χ1v) is 16.1. The summed E-state index contributed by atoms with van der Waals surface area (Å²) in [5.74, 6) is 1.22. The lowest BCUT2D eigenvalue weighted by Gasteiger charge is -2.14. The summed E-state index contributed by atoms with van der Waals surface area (Å²) in [6, 6.07) is 20.0. The van der Waals surface area contributed by atoms with Crippen LogP contribution in [0.1, 0.15) is 36.8 Å². The van der Waals surface area contributed by atoms with Gasteiger partial charge in [0.2, 0.25) is 0 Å². The van der Waals surface area contributed by atoms with Crippen LogP contribution in [0.2, 0.25) is 0 Å². The van der Waals surface area contributed by atoms with Gasteiger partial charge < -0.3 is 0 Å². The van der Waals surface area contributed by atoms with Gasteiger partial charge in [0.05, 0.1) is 0 Å². The van der Waals surface area contributed by atoms with Gasteiger partial charge in [0.1, 0.15) is 0 Å². The Hall–Kier alpha value is -4.94. The Morgan fingerprint density at radius 2 is 0.488 bits per heavy atom. The summed E-state index contributed by atoms with van der Waals surface area (Å²) in [5.41, 5.74) is 3.68. The van der Waals surface area contributed by atoms with E-state index in [-0.39, 0.29) is 5.41 Å². The molecule has 2 atom stereocenters. The molecule has 0 radical (unpaired) electrons. The van der Waals surface area contributed by atoms with Gasteiger partial charge in [-0.3, -0.25) is 0 Å². The molecule has 1 fully saturated rings. The molecule has 43 heavy (non-hydrogen) atoms. The van der Waals surface area contributed by atoms with Crippen LogP contribution in [0, 0.1) is 5.41 Å². The van der Waals surface area contributed by atoms with Gasteiger partial charge in [0.25, 0.3) is 0 Å². The molecule has 0 saturated heterocycles. The van der Waals surface area contributed by atoms with Gasteiger partial charge in [0.15, 0.2) is 0 Å². The molecule has 17 rings (SSSR count). The zero-order valence-corrected chi connectivity index (χ0v) is 23.3. The highest BCUT2D eigenvalue weighted by atomic mass is 14.7. The summed E-state index contributed by atoms with van der Waals surface area (Å²) in [5, 5.41) is 43.9. The topological polar surface area (TPSA) is 0 Å². The van der Waals surface area contributed by atoms with E-state index < -0.39 is 0 Å². The van der Waals surface area contributed by atoms with E-state index >= 15 is 0 Å². The van der Waals surface area contributed by atoms with Gasteiger partial charge in [-0.15, -0.1) is 0 Å². The van der Waals surface area contributed by atoms with E-state index in [2.05, 4.69) is 62.4 Å². The van der Waals surface area contributed by atoms with Crippen LogP contribution in [0.25, 0.3) is 151 Å². The van der Waals surface area contributed by atoms with Crippen LogP contribution < -0.4 is 0 Å². The Morgan fingerprint density at radius 1 is 0.279 bits per heavy atom. The van der Waals surface area contributed by atoms with Crippen molar-refractivity contribution in [3.8, 4) is 0 Å². The molecular formula is C43H16. The molecule has 0 bridgehead atoms. The molecule has 0 N–H and O–H groups in total. The molecule has 0 heteroatoms. The standard InChI is InChI=1S/C43H16/c1-43(2)41-27-17-9-7-15-13-5-3-11-12-4-6-14-16-8-10-18-26-24(16)31-22(14)20(12)29-19(11)21(13)30-23(15)25(17)32-34(27)35(28(18)42(41)43)33(26)40-38(31)36(29)37(30)39(32)40/h3-10,41-42H,1-2H3. The fourth-order valence-corrected chi connectivity index (χ4v) is 13.5. The second-order valence-corrected chi connectivity index (χ2v) is 15.7. The van der Waals surface area contributed by atoms with E-state index in [1.54, 1.807) is 130 Å². The van der Waals surface area contributed by atoms with E-state index in [4.69, 9.17) is 0 Å². The largest absolute Gasteiger partial charge is 0.0587 e. The monoisotopic (exact) mass is 532 g/mol. The fraction of sp³-hybridized carbons (Fsp3) is 0.116. The quantitative estimate of drug-likeness (QED) is 0.170. The Bertz CT molecular complexity index is 3500. The van der Waals surface area contributed by atoms with Gasteiger partial charge in [-0.2, -0.15) is 0 Å². The zero-order valence-electron chi connectivity index (χ0n) is 23.3.